The molecule has 1 saturated carbocycles. The number of halogens is 3. The molecule has 1 N–H and O–H groups in total. The Hall–Kier alpha value is -1.79. The van der Waals surface area contributed by atoms with E-state index in [0.29, 0.717) is 5.57 Å². The molecule has 1 aromatic rings. The minimum Gasteiger partial charge on any atom is -0.290 e. The third kappa shape index (κ3) is 1.83. The molecule has 2 aliphatic carbocycles. The Bertz CT molecular complexity index is 802. The monoisotopic (exact) mass is 286 g/mol. The van der Waals surface area contributed by atoms with E-state index in [4.69, 9.17) is 0 Å². The SMILES string of the molecule is CC1=c2c(c(=O)[nH]c(=O)n2C2CC2)=C(C(F)F)C(F)C1. The molecule has 4 nitrogen and oxygen atoms in total. The van der Waals surface area contributed by atoms with Gasteiger partial charge in [-0.05, 0) is 25.3 Å². The number of alkyl halides is 3. The molecule has 3 rings (SSSR count). The summed E-state index contributed by atoms with van der Waals surface area (Å²) in [6, 6.07) is -0.0851. The molecule has 2 aliphatic rings. The number of hydrogen-bond donors (Lipinski definition) is 1. The zero-order valence-electron chi connectivity index (χ0n) is 10.8. The van der Waals surface area contributed by atoms with E-state index in [-0.39, 0.29) is 23.0 Å². The first kappa shape index (κ1) is 13.2. The van der Waals surface area contributed by atoms with Gasteiger partial charge in [-0.25, -0.2) is 18.0 Å². The van der Waals surface area contributed by atoms with Crippen LogP contribution in [0.4, 0.5) is 13.2 Å². The fraction of sp³-hybridized carbons (Fsp3) is 0.538. The molecule has 0 aliphatic heterocycles. The average Bonchev–Trinajstić information content (AvgIpc) is 3.14. The molecule has 0 amide bonds. The van der Waals surface area contributed by atoms with Crippen molar-refractivity contribution in [3.05, 3.63) is 31.4 Å². The van der Waals surface area contributed by atoms with E-state index >= 15 is 0 Å². The molecular formula is C13H13F3N2O2. The van der Waals surface area contributed by atoms with Crippen LogP contribution in [0, 0.1) is 0 Å². The molecule has 0 bridgehead atoms. The fourth-order valence-electron chi connectivity index (χ4n) is 2.80. The van der Waals surface area contributed by atoms with Gasteiger partial charge in [-0.3, -0.25) is 14.3 Å². The molecule has 0 radical (unpaired) electrons. The van der Waals surface area contributed by atoms with Crippen molar-refractivity contribution >= 4 is 11.1 Å². The van der Waals surface area contributed by atoms with Gasteiger partial charge in [0.15, 0.2) is 0 Å². The smallest absolute Gasteiger partial charge is 0.290 e. The van der Waals surface area contributed by atoms with Crippen molar-refractivity contribution in [1.29, 1.82) is 0 Å². The van der Waals surface area contributed by atoms with Crippen LogP contribution in [0.2, 0.25) is 0 Å². The zero-order chi connectivity index (χ0) is 14.6. The van der Waals surface area contributed by atoms with E-state index in [0.717, 1.165) is 12.8 Å². The summed E-state index contributed by atoms with van der Waals surface area (Å²) in [5.41, 5.74) is -1.88. The molecule has 1 aromatic heterocycles. The molecule has 0 spiro atoms. The normalized spacial score (nSPS) is 22.4. The molecule has 0 saturated heterocycles. The highest BCUT2D eigenvalue weighted by atomic mass is 19.3. The molecule has 1 heterocycles. The number of aromatic nitrogens is 2. The lowest BCUT2D eigenvalue weighted by Crippen LogP contribution is -2.58. The van der Waals surface area contributed by atoms with E-state index in [1.807, 2.05) is 4.98 Å². The number of nitrogens with one attached hydrogen (secondary N) is 1. The minimum atomic E-state index is -3.05. The van der Waals surface area contributed by atoms with Crippen LogP contribution in [-0.4, -0.2) is 22.1 Å². The van der Waals surface area contributed by atoms with E-state index in [2.05, 4.69) is 0 Å². The Labute approximate surface area is 111 Å². The Morgan fingerprint density at radius 3 is 2.50 bits per heavy atom. The third-order valence-electron chi connectivity index (χ3n) is 3.81. The second-order valence-electron chi connectivity index (χ2n) is 5.29. The number of nitrogens with zero attached hydrogens (tertiary/aromatic N) is 1. The van der Waals surface area contributed by atoms with Crippen LogP contribution in [0.25, 0.3) is 11.1 Å². The quantitative estimate of drug-likeness (QED) is 0.844. The van der Waals surface area contributed by atoms with E-state index in [1.165, 1.54) is 4.57 Å². The summed E-state index contributed by atoms with van der Waals surface area (Å²) in [6.07, 6.45) is -3.62. The summed E-state index contributed by atoms with van der Waals surface area (Å²) in [5.74, 6) is 0. The van der Waals surface area contributed by atoms with Crippen molar-refractivity contribution in [2.45, 2.75) is 44.8 Å². The summed E-state index contributed by atoms with van der Waals surface area (Å²) >= 11 is 0. The summed E-state index contributed by atoms with van der Waals surface area (Å²) < 4.78 is 41.4. The van der Waals surface area contributed by atoms with Crippen LogP contribution in [0.5, 0.6) is 0 Å². The first-order valence-electron chi connectivity index (χ1n) is 6.42. The fourth-order valence-corrected chi connectivity index (χ4v) is 2.80. The minimum absolute atomic E-state index is 0.0851. The van der Waals surface area contributed by atoms with Crippen molar-refractivity contribution in [2.24, 2.45) is 0 Å². The highest BCUT2D eigenvalue weighted by Gasteiger charge is 2.32. The van der Waals surface area contributed by atoms with Crippen molar-refractivity contribution in [2.75, 3.05) is 0 Å². The second kappa shape index (κ2) is 4.36. The van der Waals surface area contributed by atoms with Gasteiger partial charge < -0.3 is 0 Å². The first-order chi connectivity index (χ1) is 9.41. The molecule has 1 fully saturated rings. The summed E-state index contributed by atoms with van der Waals surface area (Å²) in [7, 11) is 0. The van der Waals surface area contributed by atoms with E-state index < -0.39 is 29.4 Å². The lowest BCUT2D eigenvalue weighted by atomic mass is 9.96. The van der Waals surface area contributed by atoms with Crippen LogP contribution in [0.3, 0.4) is 0 Å². The van der Waals surface area contributed by atoms with Crippen molar-refractivity contribution in [1.82, 2.24) is 9.55 Å². The number of aromatic amines is 1. The summed E-state index contributed by atoms with van der Waals surface area (Å²) in [4.78, 5) is 25.8. The predicted octanol–water partition coefficient (Wildman–Crippen LogP) is 0.200. The van der Waals surface area contributed by atoms with Crippen LogP contribution < -0.4 is 21.8 Å². The van der Waals surface area contributed by atoms with Gasteiger partial charge >= 0.3 is 5.69 Å². The topological polar surface area (TPSA) is 54.9 Å². The Morgan fingerprint density at radius 2 is 1.95 bits per heavy atom. The predicted molar refractivity (Wildman–Crippen MR) is 66.9 cm³/mol. The lowest BCUT2D eigenvalue weighted by Gasteiger charge is -2.19. The first-order valence-corrected chi connectivity index (χ1v) is 6.42. The maximum atomic E-state index is 13.9. The molecule has 0 aromatic carbocycles. The van der Waals surface area contributed by atoms with Crippen molar-refractivity contribution in [3.8, 4) is 0 Å². The van der Waals surface area contributed by atoms with Gasteiger partial charge in [-0.15, -0.1) is 0 Å². The van der Waals surface area contributed by atoms with Crippen LogP contribution in [-0.2, 0) is 0 Å². The summed E-state index contributed by atoms with van der Waals surface area (Å²) in [6.45, 7) is 1.57. The Balaban J connectivity index is 2.58. The largest absolute Gasteiger partial charge is 0.329 e. The summed E-state index contributed by atoms with van der Waals surface area (Å²) in [5, 5.41) is -0.173. The Kier molecular flexibility index (Phi) is 2.88. The van der Waals surface area contributed by atoms with Crippen molar-refractivity contribution < 1.29 is 13.2 Å². The third-order valence-corrected chi connectivity index (χ3v) is 3.81. The van der Waals surface area contributed by atoms with Gasteiger partial charge in [0, 0.05) is 18.0 Å². The number of hydrogen-bond acceptors (Lipinski definition) is 2. The highest BCUT2D eigenvalue weighted by Crippen LogP contribution is 2.32. The molecule has 1 unspecified atom stereocenters. The molecule has 7 heteroatoms. The van der Waals surface area contributed by atoms with E-state index in [1.54, 1.807) is 6.92 Å². The second-order valence-corrected chi connectivity index (χ2v) is 5.29. The van der Waals surface area contributed by atoms with Gasteiger partial charge in [0.1, 0.15) is 6.17 Å². The van der Waals surface area contributed by atoms with Crippen molar-refractivity contribution in [3.63, 3.8) is 0 Å². The van der Waals surface area contributed by atoms with Gasteiger partial charge in [-0.1, -0.05) is 0 Å². The van der Waals surface area contributed by atoms with E-state index in [9.17, 15) is 22.8 Å². The van der Waals surface area contributed by atoms with Gasteiger partial charge in [-0.2, -0.15) is 0 Å². The molecule has 1 atom stereocenters. The highest BCUT2D eigenvalue weighted by molar-refractivity contribution is 5.60. The number of fused-ring (bicyclic) bond motifs is 1. The maximum absolute atomic E-state index is 13.9. The zero-order valence-corrected chi connectivity index (χ0v) is 10.8. The number of H-pyrrole nitrogens is 1. The standard InChI is InChI=1S/C13H13F3N2O2/c1-5-4-7(14)8(11(15)16)9-10(5)18(6-2-3-6)13(20)17-12(9)19/h6-7,11H,2-4H2,1H3,(H,17,19,20). The maximum Gasteiger partial charge on any atom is 0.329 e. The lowest BCUT2D eigenvalue weighted by molar-refractivity contribution is 0.194. The molecular weight excluding hydrogens is 273 g/mol. The van der Waals surface area contributed by atoms with Crippen LogP contribution in [0.15, 0.2) is 9.59 Å². The number of rotatable bonds is 2. The molecule has 108 valence electrons. The molecule has 20 heavy (non-hydrogen) atoms. The van der Waals surface area contributed by atoms with Crippen LogP contribution in [0.1, 0.15) is 32.2 Å². The van der Waals surface area contributed by atoms with Gasteiger partial charge in [0.05, 0.1) is 10.6 Å². The van der Waals surface area contributed by atoms with Gasteiger partial charge in [0.2, 0.25) is 0 Å². The average molecular weight is 286 g/mol. The van der Waals surface area contributed by atoms with Crippen LogP contribution >= 0.6 is 0 Å². The Morgan fingerprint density at radius 1 is 1.30 bits per heavy atom. The van der Waals surface area contributed by atoms with Gasteiger partial charge in [0.25, 0.3) is 12.0 Å².